The highest BCUT2D eigenvalue weighted by atomic mass is 32.2. The van der Waals surface area contributed by atoms with Gasteiger partial charge in [0, 0.05) is 6.04 Å². The van der Waals surface area contributed by atoms with Crippen molar-refractivity contribution in [1.29, 1.82) is 0 Å². The summed E-state index contributed by atoms with van der Waals surface area (Å²) in [5.41, 5.74) is 0. The Hall–Kier alpha value is 0.0700. The summed E-state index contributed by atoms with van der Waals surface area (Å²) in [4.78, 5) is 0. The van der Waals surface area contributed by atoms with Crippen LogP contribution in [0.25, 0.3) is 0 Å². The van der Waals surface area contributed by atoms with Crippen LogP contribution in [0.1, 0.15) is 32.1 Å². The van der Waals surface area contributed by atoms with Gasteiger partial charge in [0.15, 0.2) is 0 Å². The van der Waals surface area contributed by atoms with Gasteiger partial charge in [0.25, 0.3) is 0 Å². The molecule has 0 radical (unpaired) electrons. The second-order valence-corrected chi connectivity index (χ2v) is 3.88. The minimum Gasteiger partial charge on any atom is -0.771 e. The van der Waals surface area contributed by atoms with Gasteiger partial charge in [-0.3, -0.25) is 4.21 Å². The first kappa shape index (κ1) is 9.16. The summed E-state index contributed by atoms with van der Waals surface area (Å²) in [5, 5.41) is 3.01. The van der Waals surface area contributed by atoms with Gasteiger partial charge in [-0.05, 0) is 23.9 Å². The van der Waals surface area contributed by atoms with Gasteiger partial charge in [-0.1, -0.05) is 19.3 Å². The van der Waals surface area contributed by atoms with E-state index in [1.165, 1.54) is 19.3 Å². The van der Waals surface area contributed by atoms with Crippen molar-refractivity contribution in [2.75, 3.05) is 5.88 Å². The Labute approximate surface area is 69.9 Å². The molecule has 0 aliphatic heterocycles. The third-order valence-corrected chi connectivity index (χ3v) is 2.50. The summed E-state index contributed by atoms with van der Waals surface area (Å²) >= 11 is -1.93. The number of nitrogens with one attached hydrogen (secondary N) is 1. The van der Waals surface area contributed by atoms with Crippen LogP contribution in [0, 0.1) is 0 Å². The molecule has 11 heavy (non-hydrogen) atoms. The molecule has 0 heterocycles. The highest BCUT2D eigenvalue weighted by Crippen LogP contribution is 2.16. The highest BCUT2D eigenvalue weighted by molar-refractivity contribution is 7.79. The second kappa shape index (κ2) is 4.85. The lowest BCUT2D eigenvalue weighted by molar-refractivity contribution is 0.385. The van der Waals surface area contributed by atoms with E-state index in [1.54, 1.807) is 0 Å². The maximum absolute atomic E-state index is 10.2. The molecule has 0 spiro atoms. The van der Waals surface area contributed by atoms with Gasteiger partial charge in [-0.15, -0.1) is 0 Å². The van der Waals surface area contributed by atoms with E-state index in [-0.39, 0.29) is 5.88 Å². The second-order valence-electron chi connectivity index (χ2n) is 2.99. The van der Waals surface area contributed by atoms with Crippen LogP contribution >= 0.6 is 0 Å². The standard InChI is InChI=1S/C7H15NO2S/c9-11(10)6-8-7-4-2-1-3-5-7/h7-8H,1-6H2,(H,9,10)/p-1. The fourth-order valence-electron chi connectivity index (χ4n) is 1.49. The summed E-state index contributed by atoms with van der Waals surface area (Å²) in [6, 6.07) is 0.446. The van der Waals surface area contributed by atoms with Crippen LogP contribution in [-0.2, 0) is 11.1 Å². The lowest BCUT2D eigenvalue weighted by Gasteiger charge is -2.23. The average Bonchev–Trinajstić information content (AvgIpc) is 2.03. The van der Waals surface area contributed by atoms with Crippen molar-refractivity contribution in [3.05, 3.63) is 0 Å². The molecular formula is C7H14NO2S-. The van der Waals surface area contributed by atoms with Crippen molar-refractivity contribution in [3.63, 3.8) is 0 Å². The normalized spacial score (nSPS) is 23.4. The molecule has 1 rings (SSSR count). The molecule has 1 aliphatic carbocycles. The van der Waals surface area contributed by atoms with Crippen LogP contribution in [-0.4, -0.2) is 20.7 Å². The molecule has 1 unspecified atom stereocenters. The summed E-state index contributed by atoms with van der Waals surface area (Å²) in [6.07, 6.45) is 6.05. The SMILES string of the molecule is O=S([O-])CNC1CCCCC1. The largest absolute Gasteiger partial charge is 0.771 e. The van der Waals surface area contributed by atoms with E-state index < -0.39 is 11.1 Å². The topological polar surface area (TPSA) is 52.2 Å². The predicted octanol–water partition coefficient (Wildman–Crippen LogP) is 0.745. The lowest BCUT2D eigenvalue weighted by atomic mass is 9.96. The van der Waals surface area contributed by atoms with E-state index in [0.29, 0.717) is 6.04 Å². The first-order valence-corrected chi connectivity index (χ1v) is 5.32. The Balaban J connectivity index is 2.09. The number of hydrogen-bond donors (Lipinski definition) is 1. The molecule has 1 N–H and O–H groups in total. The lowest BCUT2D eigenvalue weighted by Crippen LogP contribution is -2.33. The van der Waals surface area contributed by atoms with Gasteiger partial charge in [0.05, 0.1) is 5.88 Å². The van der Waals surface area contributed by atoms with E-state index >= 15 is 0 Å². The molecule has 0 aromatic carbocycles. The minimum atomic E-state index is -1.93. The van der Waals surface area contributed by atoms with E-state index in [0.717, 1.165) is 12.8 Å². The quantitative estimate of drug-likeness (QED) is 0.645. The molecule has 0 saturated heterocycles. The van der Waals surface area contributed by atoms with Gasteiger partial charge >= 0.3 is 0 Å². The first-order chi connectivity index (χ1) is 5.29. The van der Waals surface area contributed by atoms with E-state index in [4.69, 9.17) is 0 Å². The van der Waals surface area contributed by atoms with Crippen molar-refractivity contribution < 1.29 is 8.76 Å². The summed E-state index contributed by atoms with van der Waals surface area (Å²) in [5.74, 6) is 0.116. The van der Waals surface area contributed by atoms with E-state index in [1.807, 2.05) is 0 Å². The first-order valence-electron chi connectivity index (χ1n) is 4.08. The average molecular weight is 176 g/mol. The van der Waals surface area contributed by atoms with Crippen LogP contribution in [0.15, 0.2) is 0 Å². The summed E-state index contributed by atoms with van der Waals surface area (Å²) in [7, 11) is 0. The maximum Gasteiger partial charge on any atom is 0.0590 e. The van der Waals surface area contributed by atoms with Crippen LogP contribution in [0.3, 0.4) is 0 Å². The smallest absolute Gasteiger partial charge is 0.0590 e. The van der Waals surface area contributed by atoms with Gasteiger partial charge in [-0.2, -0.15) is 0 Å². The molecule has 1 aliphatic rings. The molecular weight excluding hydrogens is 162 g/mol. The van der Waals surface area contributed by atoms with E-state index in [9.17, 15) is 8.76 Å². The molecule has 1 atom stereocenters. The maximum atomic E-state index is 10.2. The molecule has 0 aromatic rings. The Morgan fingerprint density at radius 3 is 2.55 bits per heavy atom. The molecule has 1 saturated carbocycles. The molecule has 0 aromatic heterocycles. The fraction of sp³-hybridized carbons (Fsp3) is 1.00. The minimum absolute atomic E-state index is 0.116. The predicted molar refractivity (Wildman–Crippen MR) is 43.8 cm³/mol. The van der Waals surface area contributed by atoms with Crippen molar-refractivity contribution in [1.82, 2.24) is 5.32 Å². The molecule has 0 amide bonds. The molecule has 66 valence electrons. The van der Waals surface area contributed by atoms with E-state index in [2.05, 4.69) is 5.32 Å². The van der Waals surface area contributed by atoms with Crippen LogP contribution in [0.2, 0.25) is 0 Å². The van der Waals surface area contributed by atoms with Gasteiger partial charge in [0.2, 0.25) is 0 Å². The van der Waals surface area contributed by atoms with Crippen LogP contribution < -0.4 is 5.32 Å². The molecule has 0 bridgehead atoms. The monoisotopic (exact) mass is 176 g/mol. The van der Waals surface area contributed by atoms with Gasteiger partial charge < -0.3 is 9.87 Å². The van der Waals surface area contributed by atoms with Crippen molar-refractivity contribution >= 4 is 11.1 Å². The van der Waals surface area contributed by atoms with Gasteiger partial charge in [-0.25, -0.2) is 0 Å². The van der Waals surface area contributed by atoms with Crippen molar-refractivity contribution in [2.45, 2.75) is 38.1 Å². The van der Waals surface area contributed by atoms with Crippen molar-refractivity contribution in [3.8, 4) is 0 Å². The van der Waals surface area contributed by atoms with Gasteiger partial charge in [0.1, 0.15) is 0 Å². The molecule has 4 heteroatoms. The third kappa shape index (κ3) is 3.84. The zero-order valence-corrected chi connectivity index (χ0v) is 7.36. The highest BCUT2D eigenvalue weighted by Gasteiger charge is 2.11. The summed E-state index contributed by atoms with van der Waals surface area (Å²) in [6.45, 7) is 0. The fourth-order valence-corrected chi connectivity index (χ4v) is 1.86. The van der Waals surface area contributed by atoms with Crippen molar-refractivity contribution in [2.24, 2.45) is 0 Å². The Kier molecular flexibility index (Phi) is 4.04. The Morgan fingerprint density at radius 2 is 2.00 bits per heavy atom. The Morgan fingerprint density at radius 1 is 1.36 bits per heavy atom. The van der Waals surface area contributed by atoms with Crippen LogP contribution in [0.5, 0.6) is 0 Å². The third-order valence-electron chi connectivity index (χ3n) is 2.10. The number of hydrogen-bond acceptors (Lipinski definition) is 3. The van der Waals surface area contributed by atoms with Crippen LogP contribution in [0.4, 0.5) is 0 Å². The zero-order chi connectivity index (χ0) is 8.10. The summed E-state index contributed by atoms with van der Waals surface area (Å²) < 4.78 is 20.4. The molecule has 1 fully saturated rings. The number of rotatable bonds is 3. The molecule has 3 nitrogen and oxygen atoms in total. The zero-order valence-electron chi connectivity index (χ0n) is 6.54. The Bertz CT molecular complexity index is 134.